The van der Waals surface area contributed by atoms with Crippen LogP contribution in [0.15, 0.2) is 65.8 Å². The Labute approximate surface area is 174 Å². The molecule has 0 bridgehead atoms. The van der Waals surface area contributed by atoms with Crippen molar-refractivity contribution in [2.24, 2.45) is 0 Å². The largest absolute Gasteiger partial charge is 0.497 e. The van der Waals surface area contributed by atoms with Gasteiger partial charge in [-0.15, -0.1) is 5.54 Å². The molecule has 4 nitrogen and oxygen atoms in total. The van der Waals surface area contributed by atoms with Crippen molar-refractivity contribution >= 4 is 18.1 Å². The number of ether oxygens (including phenoxy) is 1. The lowest BCUT2D eigenvalue weighted by Gasteiger charge is -2.06. The number of methoxy groups -OCH3 is 1. The highest BCUT2D eigenvalue weighted by atomic mass is 32.2. The zero-order chi connectivity index (χ0) is 21.2. The molecule has 0 saturated heterocycles. The molecule has 1 aromatic heterocycles. The van der Waals surface area contributed by atoms with Crippen LogP contribution >= 0.6 is 0 Å². The second-order valence-electron chi connectivity index (χ2n) is 7.96. The van der Waals surface area contributed by atoms with E-state index < -0.39 is 18.1 Å². The maximum atomic E-state index is 13.1. The summed E-state index contributed by atoms with van der Waals surface area (Å²) in [6.07, 6.45) is 3.26. The molecule has 3 rings (SSSR count). The third-order valence-electron chi connectivity index (χ3n) is 4.37. The van der Waals surface area contributed by atoms with Crippen LogP contribution in [-0.2, 0) is 10.0 Å². The highest BCUT2D eigenvalue weighted by Crippen LogP contribution is 2.28. The van der Waals surface area contributed by atoms with Gasteiger partial charge < -0.3 is 4.74 Å². The molecule has 29 heavy (non-hydrogen) atoms. The second kappa shape index (κ2) is 7.94. The Morgan fingerprint density at radius 2 is 1.55 bits per heavy atom. The highest BCUT2D eigenvalue weighted by molar-refractivity contribution is 7.90. The minimum Gasteiger partial charge on any atom is -0.497 e. The average molecular weight is 424 g/mol. The molecular weight excluding hydrogens is 398 g/mol. The topological polar surface area (TPSA) is 48.3 Å². The van der Waals surface area contributed by atoms with Gasteiger partial charge >= 0.3 is 0 Å². The monoisotopic (exact) mass is 423 g/mol. The predicted octanol–water partition coefficient (Wildman–Crippen LogP) is 4.94. The standard InChI is InChI=1S/C23H25NO3SSi/c1-18-6-12-22(13-7-18)28(25,26)24-16-20(14-15-29(3,4)5)23(17-24)19-8-10-21(27-2)11-9-19/h6-13,16-17H,1-5H3. The Kier molecular flexibility index (Phi) is 5.74. The fourth-order valence-electron chi connectivity index (χ4n) is 2.76. The number of benzene rings is 2. The molecule has 0 radical (unpaired) electrons. The summed E-state index contributed by atoms with van der Waals surface area (Å²) in [5, 5.41) is 0. The van der Waals surface area contributed by atoms with Gasteiger partial charge in [-0.3, -0.25) is 0 Å². The van der Waals surface area contributed by atoms with Gasteiger partial charge in [0.15, 0.2) is 0 Å². The number of aromatic nitrogens is 1. The molecule has 0 saturated carbocycles. The van der Waals surface area contributed by atoms with Crippen LogP contribution in [0, 0.1) is 18.4 Å². The Balaban J connectivity index is 2.15. The van der Waals surface area contributed by atoms with Crippen LogP contribution in [0.25, 0.3) is 11.1 Å². The first-order valence-corrected chi connectivity index (χ1v) is 14.3. The molecule has 0 N–H and O–H groups in total. The minimum atomic E-state index is -3.70. The van der Waals surface area contributed by atoms with Crippen molar-refractivity contribution in [3.63, 3.8) is 0 Å². The number of rotatable bonds is 4. The predicted molar refractivity (Wildman–Crippen MR) is 120 cm³/mol. The number of aryl methyl sites for hydroxylation is 1. The molecule has 0 atom stereocenters. The first-order valence-electron chi connectivity index (χ1n) is 9.32. The zero-order valence-corrected chi connectivity index (χ0v) is 19.2. The van der Waals surface area contributed by atoms with E-state index in [0.717, 1.165) is 22.4 Å². The lowest BCUT2D eigenvalue weighted by atomic mass is 10.1. The molecule has 0 fully saturated rings. The third kappa shape index (κ3) is 4.81. The SMILES string of the molecule is COc1ccc(-c2cn(S(=O)(=O)c3ccc(C)cc3)cc2C#C[Si](C)(C)C)cc1. The molecule has 150 valence electrons. The van der Waals surface area contributed by atoms with E-state index in [0.29, 0.717) is 5.56 Å². The molecule has 0 unspecified atom stereocenters. The Bertz CT molecular complexity index is 1170. The number of hydrogen-bond acceptors (Lipinski definition) is 3. The average Bonchev–Trinajstić information content (AvgIpc) is 3.11. The fourth-order valence-corrected chi connectivity index (χ4v) is 4.48. The van der Waals surface area contributed by atoms with Gasteiger partial charge in [0.25, 0.3) is 10.0 Å². The van der Waals surface area contributed by atoms with Crippen molar-refractivity contribution < 1.29 is 13.2 Å². The third-order valence-corrected chi connectivity index (χ3v) is 6.88. The van der Waals surface area contributed by atoms with Crippen LogP contribution in [0.4, 0.5) is 0 Å². The Hall–Kier alpha value is -2.75. The van der Waals surface area contributed by atoms with Crippen LogP contribution < -0.4 is 4.74 Å². The van der Waals surface area contributed by atoms with Gasteiger partial charge in [0.2, 0.25) is 0 Å². The minimum absolute atomic E-state index is 0.254. The molecular formula is C23H25NO3SSi. The van der Waals surface area contributed by atoms with E-state index in [9.17, 15) is 8.42 Å². The van der Waals surface area contributed by atoms with Gasteiger partial charge in [-0.2, -0.15) is 0 Å². The summed E-state index contributed by atoms with van der Waals surface area (Å²) in [7, 11) is -3.71. The van der Waals surface area contributed by atoms with Gasteiger partial charge in [-0.05, 0) is 36.8 Å². The normalized spacial score (nSPS) is 11.6. The van der Waals surface area contributed by atoms with Crippen LogP contribution in [0.2, 0.25) is 19.6 Å². The lowest BCUT2D eigenvalue weighted by molar-refractivity contribution is 0.415. The van der Waals surface area contributed by atoms with Crippen LogP contribution in [0.5, 0.6) is 5.75 Å². The maximum Gasteiger partial charge on any atom is 0.267 e. The molecule has 0 aliphatic carbocycles. The van der Waals surface area contributed by atoms with Crippen molar-refractivity contribution in [3.8, 4) is 28.3 Å². The van der Waals surface area contributed by atoms with Gasteiger partial charge in [-0.25, -0.2) is 12.4 Å². The summed E-state index contributed by atoms with van der Waals surface area (Å²) in [5.74, 6) is 3.97. The molecule has 0 aliphatic heterocycles. The first kappa shape index (κ1) is 21.0. The van der Waals surface area contributed by atoms with Crippen LogP contribution in [0.3, 0.4) is 0 Å². The molecule has 0 spiro atoms. The molecule has 0 amide bonds. The van der Waals surface area contributed by atoms with Crippen LogP contribution in [-0.4, -0.2) is 27.6 Å². The van der Waals surface area contributed by atoms with Crippen molar-refractivity contribution in [2.45, 2.75) is 31.5 Å². The molecule has 0 aliphatic rings. The number of nitrogens with zero attached hydrogens (tertiary/aromatic N) is 1. The molecule has 2 aromatic carbocycles. The summed E-state index contributed by atoms with van der Waals surface area (Å²) in [6.45, 7) is 8.41. The molecule has 1 heterocycles. The highest BCUT2D eigenvalue weighted by Gasteiger charge is 2.20. The fraction of sp³-hybridized carbons (Fsp3) is 0.217. The van der Waals surface area contributed by atoms with Gasteiger partial charge in [0.1, 0.15) is 13.8 Å². The van der Waals surface area contributed by atoms with Crippen molar-refractivity contribution in [1.82, 2.24) is 3.97 Å². The van der Waals surface area contributed by atoms with E-state index in [1.165, 1.54) is 3.97 Å². The number of hydrogen-bond donors (Lipinski definition) is 0. The Morgan fingerprint density at radius 1 is 0.931 bits per heavy atom. The quantitative estimate of drug-likeness (QED) is 0.441. The maximum absolute atomic E-state index is 13.1. The van der Waals surface area contributed by atoms with E-state index in [-0.39, 0.29) is 4.90 Å². The molecule has 3 aromatic rings. The first-order chi connectivity index (χ1) is 13.6. The smallest absolute Gasteiger partial charge is 0.267 e. The summed E-state index contributed by atoms with van der Waals surface area (Å²) in [6, 6.07) is 14.4. The van der Waals surface area contributed by atoms with E-state index in [2.05, 4.69) is 31.1 Å². The van der Waals surface area contributed by atoms with Crippen LogP contribution in [0.1, 0.15) is 11.1 Å². The summed E-state index contributed by atoms with van der Waals surface area (Å²) in [4.78, 5) is 0.254. The lowest BCUT2D eigenvalue weighted by Crippen LogP contribution is -2.16. The summed E-state index contributed by atoms with van der Waals surface area (Å²) < 4.78 is 32.8. The van der Waals surface area contributed by atoms with Crippen molar-refractivity contribution in [2.75, 3.05) is 7.11 Å². The van der Waals surface area contributed by atoms with Crippen molar-refractivity contribution in [1.29, 1.82) is 0 Å². The van der Waals surface area contributed by atoms with E-state index in [1.807, 2.05) is 31.2 Å². The molecule has 6 heteroatoms. The second-order valence-corrected chi connectivity index (χ2v) is 14.6. The van der Waals surface area contributed by atoms with Gasteiger partial charge in [-0.1, -0.05) is 55.4 Å². The zero-order valence-electron chi connectivity index (χ0n) is 17.4. The van der Waals surface area contributed by atoms with Gasteiger partial charge in [0, 0.05) is 18.0 Å². The Morgan fingerprint density at radius 3 is 2.10 bits per heavy atom. The van der Waals surface area contributed by atoms with E-state index in [4.69, 9.17) is 4.74 Å². The summed E-state index contributed by atoms with van der Waals surface area (Å²) >= 11 is 0. The summed E-state index contributed by atoms with van der Waals surface area (Å²) in [5.41, 5.74) is 6.73. The van der Waals surface area contributed by atoms with E-state index in [1.54, 1.807) is 43.8 Å². The van der Waals surface area contributed by atoms with Gasteiger partial charge in [0.05, 0.1) is 17.6 Å². The van der Waals surface area contributed by atoms with Crippen molar-refractivity contribution in [3.05, 3.63) is 72.1 Å². The van der Waals surface area contributed by atoms with E-state index >= 15 is 0 Å².